The molecule has 0 amide bonds. The van der Waals surface area contributed by atoms with Crippen LogP contribution in [0.2, 0.25) is 0 Å². The predicted octanol–water partition coefficient (Wildman–Crippen LogP) is 1.22. The van der Waals surface area contributed by atoms with E-state index in [0.29, 0.717) is 26.2 Å². The normalized spacial score (nSPS) is 9.38. The highest BCUT2D eigenvalue weighted by atomic mass is 16.5. The highest BCUT2D eigenvalue weighted by Crippen LogP contribution is 2.13. The maximum atomic E-state index is 5.43. The van der Waals surface area contributed by atoms with Gasteiger partial charge in [-0.1, -0.05) is 24.0 Å². The van der Waals surface area contributed by atoms with Crippen LogP contribution in [0.25, 0.3) is 0 Å². The molecule has 0 spiro atoms. The molecule has 0 aliphatic rings. The molecule has 16 heavy (non-hydrogen) atoms. The molecule has 0 unspecified atom stereocenters. The van der Waals surface area contributed by atoms with Crippen molar-refractivity contribution in [3.05, 3.63) is 29.8 Å². The molecule has 2 N–H and O–H groups in total. The highest BCUT2D eigenvalue weighted by Gasteiger charge is 1.94. The molecule has 0 heterocycles. The summed E-state index contributed by atoms with van der Waals surface area (Å²) in [5, 5.41) is 0. The first-order valence-electron chi connectivity index (χ1n) is 5.23. The maximum Gasteiger partial charge on any atom is 0.119 e. The summed E-state index contributed by atoms with van der Waals surface area (Å²) < 4.78 is 10.3. The van der Waals surface area contributed by atoms with Gasteiger partial charge in [0, 0.05) is 20.1 Å². The Morgan fingerprint density at radius 1 is 1.31 bits per heavy atom. The van der Waals surface area contributed by atoms with Gasteiger partial charge in [0.05, 0.1) is 0 Å². The summed E-state index contributed by atoms with van der Waals surface area (Å²) >= 11 is 0. The van der Waals surface area contributed by atoms with Gasteiger partial charge in [0.15, 0.2) is 0 Å². The number of methoxy groups -OCH3 is 1. The summed E-state index contributed by atoms with van der Waals surface area (Å²) in [6.45, 7) is 1.54. The summed E-state index contributed by atoms with van der Waals surface area (Å²) in [6, 6.07) is 7.88. The average Bonchev–Trinajstić information content (AvgIpc) is 2.33. The van der Waals surface area contributed by atoms with Crippen molar-refractivity contribution in [2.45, 2.75) is 6.42 Å². The van der Waals surface area contributed by atoms with Crippen LogP contribution in [0.5, 0.6) is 5.75 Å². The molecule has 1 aromatic rings. The smallest absolute Gasteiger partial charge is 0.119 e. The standard InChI is InChI=1S/C13H17NO2/c1-15-9-3-2-5-12-6-4-7-13(11-12)16-10-8-14/h4,6-7,11H,5,8-10,14H2,1H3. The molecule has 0 radical (unpaired) electrons. The Labute approximate surface area is 96.6 Å². The molecule has 0 bridgehead atoms. The van der Waals surface area contributed by atoms with E-state index in [9.17, 15) is 0 Å². The number of hydrogen-bond donors (Lipinski definition) is 1. The van der Waals surface area contributed by atoms with Crippen molar-refractivity contribution in [1.29, 1.82) is 0 Å². The van der Waals surface area contributed by atoms with Gasteiger partial charge in [-0.3, -0.25) is 0 Å². The van der Waals surface area contributed by atoms with Crippen molar-refractivity contribution in [3.63, 3.8) is 0 Å². The molecular weight excluding hydrogens is 202 g/mol. The minimum Gasteiger partial charge on any atom is -0.492 e. The Bertz CT molecular complexity index is 366. The predicted molar refractivity (Wildman–Crippen MR) is 64.3 cm³/mol. The fraction of sp³-hybridized carbons (Fsp3) is 0.385. The first-order chi connectivity index (χ1) is 7.86. The molecule has 0 aromatic heterocycles. The molecule has 1 aromatic carbocycles. The molecule has 0 fully saturated rings. The fourth-order valence-corrected chi connectivity index (χ4v) is 1.21. The van der Waals surface area contributed by atoms with E-state index in [1.54, 1.807) is 7.11 Å². The van der Waals surface area contributed by atoms with E-state index in [1.165, 1.54) is 0 Å². The van der Waals surface area contributed by atoms with Gasteiger partial charge in [0.25, 0.3) is 0 Å². The number of rotatable bonds is 5. The molecule has 3 nitrogen and oxygen atoms in total. The topological polar surface area (TPSA) is 44.5 Å². The lowest BCUT2D eigenvalue weighted by molar-refractivity contribution is 0.239. The summed E-state index contributed by atoms with van der Waals surface area (Å²) in [7, 11) is 1.63. The number of hydrogen-bond acceptors (Lipinski definition) is 3. The summed E-state index contributed by atoms with van der Waals surface area (Å²) in [4.78, 5) is 0. The van der Waals surface area contributed by atoms with E-state index in [4.69, 9.17) is 15.2 Å². The fourth-order valence-electron chi connectivity index (χ4n) is 1.21. The van der Waals surface area contributed by atoms with Gasteiger partial charge in [-0.2, -0.15) is 0 Å². The van der Waals surface area contributed by atoms with Crippen LogP contribution in [0.1, 0.15) is 5.56 Å². The van der Waals surface area contributed by atoms with Gasteiger partial charge in [-0.15, -0.1) is 0 Å². The van der Waals surface area contributed by atoms with Crippen molar-refractivity contribution in [1.82, 2.24) is 0 Å². The van der Waals surface area contributed by atoms with Gasteiger partial charge in [-0.25, -0.2) is 0 Å². The average molecular weight is 219 g/mol. The van der Waals surface area contributed by atoms with E-state index in [2.05, 4.69) is 11.8 Å². The van der Waals surface area contributed by atoms with Crippen LogP contribution in [-0.4, -0.2) is 26.9 Å². The van der Waals surface area contributed by atoms with E-state index >= 15 is 0 Å². The lowest BCUT2D eigenvalue weighted by atomic mass is 10.1. The Morgan fingerprint density at radius 2 is 2.19 bits per heavy atom. The number of benzene rings is 1. The molecule has 0 aliphatic heterocycles. The molecule has 3 heteroatoms. The lowest BCUT2D eigenvalue weighted by Gasteiger charge is -2.05. The first-order valence-corrected chi connectivity index (χ1v) is 5.23. The van der Waals surface area contributed by atoms with Crippen LogP contribution in [0.4, 0.5) is 0 Å². The van der Waals surface area contributed by atoms with Crippen LogP contribution in [0.3, 0.4) is 0 Å². The van der Waals surface area contributed by atoms with Crippen LogP contribution >= 0.6 is 0 Å². The van der Waals surface area contributed by atoms with Gasteiger partial charge in [0.1, 0.15) is 19.0 Å². The SMILES string of the molecule is COCC#CCc1cccc(OCCN)c1. The Kier molecular flexibility index (Phi) is 6.09. The van der Waals surface area contributed by atoms with Crippen LogP contribution in [-0.2, 0) is 11.2 Å². The number of ether oxygens (including phenoxy) is 2. The number of nitrogens with two attached hydrogens (primary N) is 1. The molecular formula is C13H17NO2. The first kappa shape index (κ1) is 12.6. The zero-order valence-electron chi connectivity index (χ0n) is 9.53. The molecule has 86 valence electrons. The third kappa shape index (κ3) is 4.83. The molecule has 0 saturated carbocycles. The van der Waals surface area contributed by atoms with Gasteiger partial charge in [0.2, 0.25) is 0 Å². The van der Waals surface area contributed by atoms with Gasteiger partial charge in [-0.05, 0) is 17.7 Å². The van der Waals surface area contributed by atoms with E-state index in [1.807, 2.05) is 24.3 Å². The lowest BCUT2D eigenvalue weighted by Crippen LogP contribution is -2.10. The molecule has 0 atom stereocenters. The van der Waals surface area contributed by atoms with E-state index in [0.717, 1.165) is 11.3 Å². The zero-order chi connectivity index (χ0) is 11.6. The van der Waals surface area contributed by atoms with Crippen LogP contribution < -0.4 is 10.5 Å². The van der Waals surface area contributed by atoms with Crippen LogP contribution in [0.15, 0.2) is 24.3 Å². The Hall–Kier alpha value is -1.50. The van der Waals surface area contributed by atoms with Crippen molar-refractivity contribution in [2.24, 2.45) is 5.73 Å². The maximum absolute atomic E-state index is 5.43. The van der Waals surface area contributed by atoms with E-state index in [-0.39, 0.29) is 0 Å². The third-order valence-electron chi connectivity index (χ3n) is 1.92. The highest BCUT2D eigenvalue weighted by molar-refractivity contribution is 5.31. The van der Waals surface area contributed by atoms with Crippen molar-refractivity contribution in [2.75, 3.05) is 26.9 Å². The second-order valence-corrected chi connectivity index (χ2v) is 3.25. The second-order valence-electron chi connectivity index (χ2n) is 3.25. The van der Waals surface area contributed by atoms with Crippen LogP contribution in [0, 0.1) is 11.8 Å². The minimum absolute atomic E-state index is 0.476. The van der Waals surface area contributed by atoms with E-state index < -0.39 is 0 Å². The quantitative estimate of drug-likeness (QED) is 0.757. The largest absolute Gasteiger partial charge is 0.492 e. The third-order valence-corrected chi connectivity index (χ3v) is 1.92. The Balaban J connectivity index is 2.51. The molecule has 0 aliphatic carbocycles. The van der Waals surface area contributed by atoms with Gasteiger partial charge >= 0.3 is 0 Å². The zero-order valence-corrected chi connectivity index (χ0v) is 9.53. The van der Waals surface area contributed by atoms with Crippen molar-refractivity contribution >= 4 is 0 Å². The minimum atomic E-state index is 0.476. The Morgan fingerprint density at radius 3 is 2.94 bits per heavy atom. The summed E-state index contributed by atoms with van der Waals surface area (Å²) in [6.07, 6.45) is 0.711. The van der Waals surface area contributed by atoms with Gasteiger partial charge < -0.3 is 15.2 Å². The summed E-state index contributed by atoms with van der Waals surface area (Å²) in [5.41, 5.74) is 6.50. The molecule has 0 saturated heterocycles. The second kappa shape index (κ2) is 7.75. The van der Waals surface area contributed by atoms with Crippen molar-refractivity contribution < 1.29 is 9.47 Å². The summed E-state index contributed by atoms with van der Waals surface area (Å²) in [5.74, 6) is 6.79. The molecule has 1 rings (SSSR count). The van der Waals surface area contributed by atoms with Crippen molar-refractivity contribution in [3.8, 4) is 17.6 Å². The monoisotopic (exact) mass is 219 g/mol.